The Morgan fingerprint density at radius 1 is 2.25 bits per heavy atom. The van der Waals surface area contributed by atoms with E-state index in [1.54, 1.807) is 0 Å². The van der Waals surface area contributed by atoms with Gasteiger partial charge in [-0.05, 0) is 0 Å². The summed E-state index contributed by atoms with van der Waals surface area (Å²) in [5, 5.41) is 7.67. The summed E-state index contributed by atoms with van der Waals surface area (Å²) >= 11 is 0. The monoisotopic (exact) mass is 61.0 g/mol. The number of hydrogen-bond acceptors (Lipinski definition) is 2. The van der Waals surface area contributed by atoms with Crippen LogP contribution in [0.3, 0.4) is 0 Å². The predicted molar refractivity (Wildman–Crippen MR) is 16.0 cm³/mol. The highest BCUT2D eigenvalue weighted by molar-refractivity contribution is 4.58. The third-order valence-electron chi connectivity index (χ3n) is 0.0745. The van der Waals surface area contributed by atoms with Crippen LogP contribution in [-0.4, -0.2) is 5.11 Å². The molecule has 0 unspecified atom stereocenters. The molecule has 0 amide bonds. The van der Waals surface area contributed by atoms with Crippen LogP contribution in [0.25, 0.3) is 0 Å². The molecule has 2 heteroatoms. The summed E-state index contributed by atoms with van der Waals surface area (Å²) in [6, 6.07) is 0. The largest absolute Gasteiger partial charge is 0.514 e. The zero-order valence-corrected chi connectivity index (χ0v) is 2.10. The van der Waals surface area contributed by atoms with Gasteiger partial charge < -0.3 is 10.8 Å². The van der Waals surface area contributed by atoms with E-state index in [-0.39, 0.29) is 6.18 Å². The number of hydrogen-bond donors (Lipinski definition) is 2. The molecule has 0 aromatic rings. The highest BCUT2D eigenvalue weighted by Crippen LogP contribution is 1.38. The Hall–Kier alpha value is -0.660. The van der Waals surface area contributed by atoms with Gasteiger partial charge in [-0.2, -0.15) is 0 Å². The van der Waals surface area contributed by atoms with Gasteiger partial charge in [-0.1, -0.05) is 0 Å². The Bertz CT molecular complexity index is 47.6. The van der Waals surface area contributed by atoms with Crippen LogP contribution < -0.4 is 5.73 Å². The van der Waals surface area contributed by atoms with Crippen LogP contribution in [0.15, 0.2) is 12.4 Å². The fraction of sp³-hybridized carbons (Fsp3) is 0. The molecule has 0 aromatic heterocycles. The first-order valence-electron chi connectivity index (χ1n) is 1.34. The van der Waals surface area contributed by atoms with Crippen molar-refractivity contribution < 1.29 is 6.48 Å². The molecule has 0 spiro atoms. The average molecular weight is 61.1 g/mol. The van der Waals surface area contributed by atoms with Gasteiger partial charge in [0.15, 0.2) is 0 Å². The van der Waals surface area contributed by atoms with Gasteiger partial charge in [0.2, 0.25) is 0 Å². The highest BCUT2D eigenvalue weighted by Gasteiger charge is 1.33. The highest BCUT2D eigenvalue weighted by atomic mass is 16.2. The molecule has 0 aliphatic carbocycles. The van der Waals surface area contributed by atoms with Crippen molar-refractivity contribution in [3.8, 4) is 0 Å². The molecule has 0 radical (unpaired) electrons. The zero-order chi connectivity index (χ0) is 4.28. The molecule has 0 saturated heterocycles. The quantitative estimate of drug-likeness (QED) is 0.386. The van der Waals surface area contributed by atoms with Gasteiger partial charge in [-0.15, -0.1) is 0 Å². The first-order chi connectivity index (χ1) is 2.27. The van der Waals surface area contributed by atoms with Gasteiger partial charge in [0, 0.05) is 6.18 Å². The van der Waals surface area contributed by atoms with E-state index in [4.69, 9.17) is 6.48 Å². The van der Waals surface area contributed by atoms with Crippen molar-refractivity contribution in [2.75, 3.05) is 0 Å². The molecular weight excluding hydrogens is 54.0 g/mol. The molecule has 0 aliphatic rings. The molecule has 4 heavy (non-hydrogen) atoms. The van der Waals surface area contributed by atoms with Crippen LogP contribution in [0.4, 0.5) is 0 Å². The van der Waals surface area contributed by atoms with Crippen molar-refractivity contribution in [1.29, 1.82) is 0 Å². The topological polar surface area (TPSA) is 46.2 Å². The molecule has 0 heterocycles. The average Bonchev–Trinajstić information content (AvgIpc) is 1.38. The van der Waals surface area contributed by atoms with Gasteiger partial charge in [0.05, 0.1) is 7.63 Å². The fourth-order valence-corrected chi connectivity index (χ4v) is 0. The van der Waals surface area contributed by atoms with Gasteiger partial charge in [0.1, 0.15) is 0 Å². The van der Waals surface area contributed by atoms with E-state index in [2.05, 4.69) is 5.73 Å². The summed E-state index contributed by atoms with van der Waals surface area (Å²) < 4.78 is 6.22. The summed E-state index contributed by atoms with van der Waals surface area (Å²) in [4.78, 5) is 0. The lowest BCUT2D eigenvalue weighted by Gasteiger charge is -1.56. The third-order valence-corrected chi connectivity index (χ3v) is 0.0745. The lowest BCUT2D eigenvalue weighted by atomic mass is 11.0. The summed E-state index contributed by atoms with van der Waals surface area (Å²) in [5.41, 5.74) is 4.57. The minimum atomic E-state index is -0.315. The lowest BCUT2D eigenvalue weighted by Crippen LogP contribution is -1.71. The predicted octanol–water partition coefficient (Wildman–Crippen LogP) is -0.0257. The van der Waals surface area contributed by atoms with E-state index in [9.17, 15) is 0 Å². The minimum Gasteiger partial charge on any atom is -0.514 e. The van der Waals surface area contributed by atoms with Crippen LogP contribution >= 0.6 is 0 Å². The Morgan fingerprint density at radius 3 is 2.50 bits per heavy atom. The maximum atomic E-state index is 7.67. The second kappa shape index (κ2) is 2.34. The Morgan fingerprint density at radius 2 is 2.50 bits per heavy atom. The summed E-state index contributed by atoms with van der Waals surface area (Å²) in [6.07, 6.45) is 0.213. The van der Waals surface area contributed by atoms with E-state index >= 15 is 0 Å². The van der Waals surface area contributed by atoms with Crippen LogP contribution in [0, 0.1) is 0 Å². The maximum Gasteiger partial charge on any atom is 0.0946 e. The fourth-order valence-electron chi connectivity index (χ4n) is 0. The second-order valence-electron chi connectivity index (χ2n) is 0.296. The first kappa shape index (κ1) is 1.64. The minimum absolute atomic E-state index is 0.315. The Labute approximate surface area is 26.0 Å². The zero-order valence-electron chi connectivity index (χ0n) is 3.10. The van der Waals surface area contributed by atoms with Crippen molar-refractivity contribution in [3.05, 3.63) is 12.4 Å². The van der Waals surface area contributed by atoms with Crippen molar-refractivity contribution in [3.63, 3.8) is 0 Å². The number of nitrogens with two attached hydrogens (primary N) is 1. The second-order valence-corrected chi connectivity index (χ2v) is 0.296. The number of aliphatic hydroxyl groups is 1. The SMILES string of the molecule is [3H]/C(N)=C/O. The van der Waals surface area contributed by atoms with Crippen LogP contribution in [0.1, 0.15) is 1.37 Å². The smallest absolute Gasteiger partial charge is 0.0946 e. The van der Waals surface area contributed by atoms with Gasteiger partial charge in [-0.3, -0.25) is 0 Å². The number of aliphatic hydroxyl groups excluding tert-OH is 1. The van der Waals surface area contributed by atoms with Crippen LogP contribution in [0.5, 0.6) is 0 Å². The van der Waals surface area contributed by atoms with Crippen molar-refractivity contribution in [2.24, 2.45) is 5.73 Å². The van der Waals surface area contributed by atoms with Crippen molar-refractivity contribution in [1.82, 2.24) is 0 Å². The van der Waals surface area contributed by atoms with E-state index in [1.807, 2.05) is 0 Å². The Kier molecular flexibility index (Phi) is 0.959. The Balaban J connectivity index is 3.14. The normalized spacial score (nSPS) is 15.0. The molecule has 3 N–H and O–H groups in total. The molecule has 0 rings (SSSR count). The molecule has 2 nitrogen and oxygen atoms in total. The van der Waals surface area contributed by atoms with Gasteiger partial charge in [-0.25, -0.2) is 0 Å². The van der Waals surface area contributed by atoms with E-state index in [1.165, 1.54) is 0 Å². The van der Waals surface area contributed by atoms with Crippen LogP contribution in [-0.2, 0) is 0 Å². The van der Waals surface area contributed by atoms with Crippen LogP contribution in [0.2, 0.25) is 0 Å². The van der Waals surface area contributed by atoms with E-state index in [0.717, 1.165) is 0 Å². The summed E-state index contributed by atoms with van der Waals surface area (Å²) in [5.74, 6) is 0. The standard InChI is InChI=1S/C2H5NO/c3-1-2-4/h1-2,4H,3H2/b2-1-/i1T. The lowest BCUT2D eigenvalue weighted by molar-refractivity contribution is 0.472. The first-order valence-corrected chi connectivity index (χ1v) is 0.836. The molecule has 0 bridgehead atoms. The molecule has 0 aliphatic heterocycles. The molecule has 0 aromatic carbocycles. The molecule has 0 atom stereocenters. The maximum absolute atomic E-state index is 7.67. The molecule has 24 valence electrons. The molecule has 0 saturated carbocycles. The van der Waals surface area contributed by atoms with E-state index < -0.39 is 0 Å². The van der Waals surface area contributed by atoms with Crippen molar-refractivity contribution in [2.45, 2.75) is 0 Å². The van der Waals surface area contributed by atoms with Gasteiger partial charge in [0.25, 0.3) is 0 Å². The summed E-state index contributed by atoms with van der Waals surface area (Å²) in [7, 11) is 0. The summed E-state index contributed by atoms with van der Waals surface area (Å²) in [6.45, 7) is 0. The van der Waals surface area contributed by atoms with E-state index in [0.29, 0.717) is 6.26 Å². The van der Waals surface area contributed by atoms with Crippen molar-refractivity contribution >= 4 is 0 Å². The number of rotatable bonds is 0. The molecular formula is C2H5NO. The van der Waals surface area contributed by atoms with Gasteiger partial charge >= 0.3 is 0 Å². The molecule has 0 fully saturated rings. The third kappa shape index (κ3) is 1.34.